The second-order valence-corrected chi connectivity index (χ2v) is 7.65. The second kappa shape index (κ2) is 8.78. The molecule has 0 bridgehead atoms. The molecule has 1 aliphatic carbocycles. The summed E-state index contributed by atoms with van der Waals surface area (Å²) in [5, 5.41) is 2.67. The van der Waals surface area contributed by atoms with E-state index in [9.17, 15) is 18.4 Å². The van der Waals surface area contributed by atoms with Crippen LogP contribution in [-0.4, -0.2) is 36.7 Å². The van der Waals surface area contributed by atoms with E-state index in [1.54, 1.807) is 6.92 Å². The zero-order valence-corrected chi connectivity index (χ0v) is 16.2. The first-order chi connectivity index (χ1) is 12.6. The molecule has 2 rings (SSSR count). The van der Waals surface area contributed by atoms with E-state index < -0.39 is 29.6 Å². The number of hydrogen-bond donors (Lipinski definition) is 1. The van der Waals surface area contributed by atoms with Crippen LogP contribution in [0.4, 0.5) is 8.78 Å². The van der Waals surface area contributed by atoms with Gasteiger partial charge in [0, 0.05) is 18.9 Å². The van der Waals surface area contributed by atoms with E-state index in [4.69, 9.17) is 9.47 Å². The molecule has 150 valence electrons. The standard InChI is InChI=1S/C20H27F2NO4/c1-5-26-19(25)16(9-10-27-20(2,3)4)23-18(24)14-11-13(14)12-7-6-8-15(21)17(12)22/h6-8,13-14,16H,5,9-11H2,1-4H3,(H,23,24)/t13-,14+,16-/m0/s1. The van der Waals surface area contributed by atoms with E-state index in [1.807, 2.05) is 20.8 Å². The average molecular weight is 383 g/mol. The molecule has 1 aromatic rings. The first-order valence-electron chi connectivity index (χ1n) is 9.19. The summed E-state index contributed by atoms with van der Waals surface area (Å²) in [6.07, 6.45) is 0.688. The highest BCUT2D eigenvalue weighted by molar-refractivity contribution is 5.88. The van der Waals surface area contributed by atoms with Gasteiger partial charge < -0.3 is 14.8 Å². The number of carbonyl (C=O) groups excluding carboxylic acids is 2. The SMILES string of the molecule is CCOC(=O)[C@H](CCOC(C)(C)C)NC(=O)[C@@H]1C[C@H]1c1cccc(F)c1F. The van der Waals surface area contributed by atoms with Crippen molar-refractivity contribution in [3.8, 4) is 0 Å². The predicted molar refractivity (Wildman–Crippen MR) is 96.1 cm³/mol. The van der Waals surface area contributed by atoms with Crippen molar-refractivity contribution in [2.24, 2.45) is 5.92 Å². The van der Waals surface area contributed by atoms with Gasteiger partial charge in [0.1, 0.15) is 6.04 Å². The van der Waals surface area contributed by atoms with Gasteiger partial charge in [-0.15, -0.1) is 0 Å². The van der Waals surface area contributed by atoms with Crippen LogP contribution in [0.2, 0.25) is 0 Å². The molecule has 0 saturated heterocycles. The van der Waals surface area contributed by atoms with Crippen LogP contribution in [0.5, 0.6) is 0 Å². The molecule has 1 fully saturated rings. The van der Waals surface area contributed by atoms with Crippen LogP contribution >= 0.6 is 0 Å². The molecule has 27 heavy (non-hydrogen) atoms. The molecule has 0 unspecified atom stereocenters. The van der Waals surface area contributed by atoms with Gasteiger partial charge in [-0.2, -0.15) is 0 Å². The molecule has 1 amide bonds. The Hall–Kier alpha value is -2.02. The summed E-state index contributed by atoms with van der Waals surface area (Å²) in [7, 11) is 0. The monoisotopic (exact) mass is 383 g/mol. The molecule has 1 aliphatic rings. The number of nitrogens with one attached hydrogen (secondary N) is 1. The Morgan fingerprint density at radius 2 is 2.00 bits per heavy atom. The molecule has 1 saturated carbocycles. The molecule has 7 heteroatoms. The van der Waals surface area contributed by atoms with Crippen molar-refractivity contribution in [2.75, 3.05) is 13.2 Å². The summed E-state index contributed by atoms with van der Waals surface area (Å²) in [5.41, 5.74) is -0.168. The first kappa shape index (κ1) is 21.3. The van der Waals surface area contributed by atoms with Crippen LogP contribution in [-0.2, 0) is 19.1 Å². The largest absolute Gasteiger partial charge is 0.464 e. The zero-order chi connectivity index (χ0) is 20.2. The number of hydrogen-bond acceptors (Lipinski definition) is 4. The molecule has 3 atom stereocenters. The van der Waals surface area contributed by atoms with Gasteiger partial charge in [-0.1, -0.05) is 12.1 Å². The van der Waals surface area contributed by atoms with Crippen LogP contribution < -0.4 is 5.32 Å². The lowest BCUT2D eigenvalue weighted by Crippen LogP contribution is -2.43. The summed E-state index contributed by atoms with van der Waals surface area (Å²) in [6.45, 7) is 7.85. The van der Waals surface area contributed by atoms with Gasteiger partial charge in [-0.25, -0.2) is 13.6 Å². The fraction of sp³-hybridized carbons (Fsp3) is 0.600. The summed E-state index contributed by atoms with van der Waals surface area (Å²) < 4.78 is 37.9. The molecule has 1 aromatic carbocycles. The van der Waals surface area contributed by atoms with Gasteiger partial charge in [0.05, 0.1) is 12.2 Å². The normalized spacial score (nSPS) is 20.1. The smallest absolute Gasteiger partial charge is 0.328 e. The van der Waals surface area contributed by atoms with Crippen molar-refractivity contribution in [1.82, 2.24) is 5.32 Å². The minimum atomic E-state index is -0.928. The van der Waals surface area contributed by atoms with Crippen LogP contribution in [0.15, 0.2) is 18.2 Å². The number of halogens is 2. The van der Waals surface area contributed by atoms with E-state index in [1.165, 1.54) is 12.1 Å². The molecule has 0 aliphatic heterocycles. The van der Waals surface area contributed by atoms with Gasteiger partial charge in [-0.3, -0.25) is 4.79 Å². The lowest BCUT2D eigenvalue weighted by atomic mass is 10.1. The Morgan fingerprint density at radius 1 is 1.30 bits per heavy atom. The maximum atomic E-state index is 13.9. The van der Waals surface area contributed by atoms with Crippen LogP contribution in [0.25, 0.3) is 0 Å². The maximum Gasteiger partial charge on any atom is 0.328 e. The van der Waals surface area contributed by atoms with Gasteiger partial charge in [0.15, 0.2) is 11.6 Å². The molecule has 0 spiro atoms. The van der Waals surface area contributed by atoms with Crippen LogP contribution in [0.3, 0.4) is 0 Å². The number of esters is 1. The second-order valence-electron chi connectivity index (χ2n) is 7.65. The van der Waals surface area contributed by atoms with E-state index in [-0.39, 0.29) is 42.6 Å². The molecule has 0 heterocycles. The highest BCUT2D eigenvalue weighted by Crippen LogP contribution is 2.48. The predicted octanol–water partition coefficient (Wildman–Crippen LogP) is 3.32. The average Bonchev–Trinajstić information content (AvgIpc) is 3.36. The molecule has 1 N–H and O–H groups in total. The van der Waals surface area contributed by atoms with Crippen LogP contribution in [0, 0.1) is 17.6 Å². The molecule has 0 radical (unpaired) electrons. The summed E-state index contributed by atoms with van der Waals surface area (Å²) in [5.74, 6) is -3.60. The fourth-order valence-corrected chi connectivity index (χ4v) is 2.89. The number of rotatable bonds is 8. The Balaban J connectivity index is 1.97. The van der Waals surface area contributed by atoms with Crippen LogP contribution in [0.1, 0.15) is 52.0 Å². The third-order valence-corrected chi connectivity index (χ3v) is 4.34. The highest BCUT2D eigenvalue weighted by Gasteiger charge is 2.46. The Kier molecular flexibility index (Phi) is 6.92. The topological polar surface area (TPSA) is 64.6 Å². The Labute approximate surface area is 158 Å². The minimum absolute atomic E-state index is 0.193. The van der Waals surface area contributed by atoms with Gasteiger partial charge >= 0.3 is 5.97 Å². The molecule has 0 aromatic heterocycles. The van der Waals surface area contributed by atoms with Crippen molar-refractivity contribution >= 4 is 11.9 Å². The lowest BCUT2D eigenvalue weighted by molar-refractivity contribution is -0.148. The first-order valence-corrected chi connectivity index (χ1v) is 9.19. The third-order valence-electron chi connectivity index (χ3n) is 4.34. The van der Waals surface area contributed by atoms with Gasteiger partial charge in [-0.05, 0) is 51.7 Å². The Bertz CT molecular complexity index is 687. The summed E-state index contributed by atoms with van der Waals surface area (Å²) >= 11 is 0. The van der Waals surface area contributed by atoms with Crippen molar-refractivity contribution in [3.63, 3.8) is 0 Å². The van der Waals surface area contributed by atoms with E-state index in [2.05, 4.69) is 5.32 Å². The molecule has 5 nitrogen and oxygen atoms in total. The van der Waals surface area contributed by atoms with E-state index in [0.29, 0.717) is 6.42 Å². The zero-order valence-electron chi connectivity index (χ0n) is 16.2. The third kappa shape index (κ3) is 5.99. The number of amides is 1. The maximum absolute atomic E-state index is 13.9. The van der Waals surface area contributed by atoms with Gasteiger partial charge in [0.25, 0.3) is 0 Å². The number of ether oxygens (including phenoxy) is 2. The quantitative estimate of drug-likeness (QED) is 0.700. The van der Waals surface area contributed by atoms with Crippen molar-refractivity contribution in [2.45, 2.75) is 58.1 Å². The molecular formula is C20H27F2NO4. The summed E-state index contributed by atoms with van der Waals surface area (Å²) in [4.78, 5) is 24.6. The summed E-state index contributed by atoms with van der Waals surface area (Å²) in [6, 6.07) is 3.11. The van der Waals surface area contributed by atoms with Crippen molar-refractivity contribution in [1.29, 1.82) is 0 Å². The highest BCUT2D eigenvalue weighted by atomic mass is 19.2. The molecular weight excluding hydrogens is 356 g/mol. The number of benzene rings is 1. The number of carbonyl (C=O) groups is 2. The Morgan fingerprint density at radius 3 is 2.63 bits per heavy atom. The van der Waals surface area contributed by atoms with Gasteiger partial charge in [0.2, 0.25) is 5.91 Å². The lowest BCUT2D eigenvalue weighted by Gasteiger charge is -2.22. The minimum Gasteiger partial charge on any atom is -0.464 e. The van der Waals surface area contributed by atoms with E-state index >= 15 is 0 Å². The van der Waals surface area contributed by atoms with E-state index in [0.717, 1.165) is 6.07 Å². The fourth-order valence-electron chi connectivity index (χ4n) is 2.89. The van der Waals surface area contributed by atoms with Crippen molar-refractivity contribution < 1.29 is 27.8 Å². The van der Waals surface area contributed by atoms with Crippen molar-refractivity contribution in [3.05, 3.63) is 35.4 Å².